The molecular formula is C17H15Cl2N3O. The lowest BCUT2D eigenvalue weighted by Crippen LogP contribution is -2.22. The number of hydrogen-bond donors (Lipinski definition) is 1. The fourth-order valence-corrected chi connectivity index (χ4v) is 2.87. The van der Waals surface area contributed by atoms with Crippen LogP contribution in [0.5, 0.6) is 0 Å². The second kappa shape index (κ2) is 6.71. The van der Waals surface area contributed by atoms with Gasteiger partial charge in [-0.25, -0.2) is 4.98 Å². The van der Waals surface area contributed by atoms with Crippen LogP contribution >= 0.6 is 23.2 Å². The number of fused-ring (bicyclic) bond motifs is 1. The molecule has 0 bridgehead atoms. The van der Waals surface area contributed by atoms with Crippen LogP contribution in [-0.4, -0.2) is 9.38 Å². The molecule has 0 radical (unpaired) electrons. The zero-order valence-corrected chi connectivity index (χ0v) is 14.0. The molecule has 3 rings (SSSR count). The van der Waals surface area contributed by atoms with Gasteiger partial charge in [-0.15, -0.1) is 0 Å². The summed E-state index contributed by atoms with van der Waals surface area (Å²) in [5, 5.41) is 4.55. The molecule has 0 aliphatic heterocycles. The van der Waals surface area contributed by atoms with Crippen LogP contribution in [0.1, 0.15) is 24.2 Å². The van der Waals surface area contributed by atoms with E-state index in [-0.39, 0.29) is 11.6 Å². The van der Waals surface area contributed by atoms with Crippen LogP contribution in [0.3, 0.4) is 0 Å². The third-order valence-electron chi connectivity index (χ3n) is 3.64. The smallest absolute Gasteiger partial charge is 0.258 e. The van der Waals surface area contributed by atoms with Crippen molar-refractivity contribution in [1.29, 1.82) is 0 Å². The maximum absolute atomic E-state index is 12.1. The van der Waals surface area contributed by atoms with Crippen molar-refractivity contribution in [3.8, 4) is 0 Å². The van der Waals surface area contributed by atoms with E-state index in [1.54, 1.807) is 18.3 Å². The van der Waals surface area contributed by atoms with Crippen molar-refractivity contribution < 1.29 is 0 Å². The molecule has 4 nitrogen and oxygen atoms in total. The highest BCUT2D eigenvalue weighted by atomic mass is 35.5. The molecule has 23 heavy (non-hydrogen) atoms. The predicted molar refractivity (Wildman–Crippen MR) is 93.2 cm³/mol. The maximum atomic E-state index is 12.1. The van der Waals surface area contributed by atoms with Gasteiger partial charge in [0.05, 0.1) is 10.7 Å². The van der Waals surface area contributed by atoms with Gasteiger partial charge in [-0.2, -0.15) is 0 Å². The fourth-order valence-electron chi connectivity index (χ4n) is 2.41. The Bertz CT molecular complexity index is 908. The highest BCUT2D eigenvalue weighted by Crippen LogP contribution is 2.22. The summed E-state index contributed by atoms with van der Waals surface area (Å²) in [6, 6.07) is 12.7. The van der Waals surface area contributed by atoms with Crippen molar-refractivity contribution in [2.45, 2.75) is 19.5 Å². The Balaban J connectivity index is 1.81. The number of rotatable bonds is 4. The van der Waals surface area contributed by atoms with Crippen LogP contribution in [0.25, 0.3) is 5.65 Å². The molecule has 0 unspecified atom stereocenters. The summed E-state index contributed by atoms with van der Waals surface area (Å²) in [7, 11) is 0. The summed E-state index contributed by atoms with van der Waals surface area (Å²) >= 11 is 12.1. The lowest BCUT2D eigenvalue weighted by atomic mass is 10.1. The third kappa shape index (κ3) is 3.55. The summed E-state index contributed by atoms with van der Waals surface area (Å²) in [6.45, 7) is 2.50. The van der Waals surface area contributed by atoms with Crippen molar-refractivity contribution in [2.75, 3.05) is 0 Å². The molecular weight excluding hydrogens is 333 g/mol. The van der Waals surface area contributed by atoms with Crippen LogP contribution in [-0.2, 0) is 6.54 Å². The number of hydrogen-bond acceptors (Lipinski definition) is 3. The van der Waals surface area contributed by atoms with Crippen molar-refractivity contribution in [3.05, 3.63) is 80.3 Å². The first-order valence-electron chi connectivity index (χ1n) is 7.20. The second-order valence-electron chi connectivity index (χ2n) is 5.29. The molecule has 1 atom stereocenters. The lowest BCUT2D eigenvalue weighted by molar-refractivity contribution is 0.567. The van der Waals surface area contributed by atoms with Crippen LogP contribution in [0.2, 0.25) is 10.0 Å². The van der Waals surface area contributed by atoms with Crippen molar-refractivity contribution in [1.82, 2.24) is 14.7 Å². The van der Waals surface area contributed by atoms with E-state index in [9.17, 15) is 4.79 Å². The second-order valence-corrected chi connectivity index (χ2v) is 6.13. The first kappa shape index (κ1) is 16.0. The topological polar surface area (TPSA) is 46.4 Å². The van der Waals surface area contributed by atoms with Crippen LogP contribution < -0.4 is 10.9 Å². The summed E-state index contributed by atoms with van der Waals surface area (Å²) in [5.41, 5.74) is 2.11. The molecule has 118 valence electrons. The van der Waals surface area contributed by atoms with E-state index in [1.165, 1.54) is 10.5 Å². The van der Waals surface area contributed by atoms with Gasteiger partial charge < -0.3 is 5.32 Å². The van der Waals surface area contributed by atoms with Gasteiger partial charge >= 0.3 is 0 Å². The predicted octanol–water partition coefficient (Wildman–Crippen LogP) is 3.85. The molecule has 0 aliphatic carbocycles. The minimum atomic E-state index is -0.153. The van der Waals surface area contributed by atoms with Gasteiger partial charge in [-0.1, -0.05) is 41.4 Å². The summed E-state index contributed by atoms with van der Waals surface area (Å²) in [5.74, 6) is 0. The quantitative estimate of drug-likeness (QED) is 0.779. The molecule has 1 N–H and O–H groups in total. The third-order valence-corrected chi connectivity index (χ3v) is 4.21. The van der Waals surface area contributed by atoms with Gasteiger partial charge in [-0.3, -0.25) is 9.20 Å². The van der Waals surface area contributed by atoms with Gasteiger partial charge in [0.25, 0.3) is 5.56 Å². The molecule has 0 saturated heterocycles. The summed E-state index contributed by atoms with van der Waals surface area (Å²) in [4.78, 5) is 16.6. The monoisotopic (exact) mass is 347 g/mol. The molecule has 0 fully saturated rings. The van der Waals surface area contributed by atoms with Crippen LogP contribution in [0.4, 0.5) is 0 Å². The molecule has 0 amide bonds. The lowest BCUT2D eigenvalue weighted by Gasteiger charge is -2.15. The van der Waals surface area contributed by atoms with E-state index >= 15 is 0 Å². The minimum absolute atomic E-state index is 0.0502. The zero-order chi connectivity index (χ0) is 16.4. The Morgan fingerprint density at radius 1 is 1.22 bits per heavy atom. The van der Waals surface area contributed by atoms with E-state index in [1.807, 2.05) is 31.2 Å². The van der Waals surface area contributed by atoms with Gasteiger partial charge in [0.2, 0.25) is 0 Å². The van der Waals surface area contributed by atoms with E-state index in [0.29, 0.717) is 27.9 Å². The zero-order valence-electron chi connectivity index (χ0n) is 12.5. The molecule has 2 heterocycles. The Kier molecular flexibility index (Phi) is 4.66. The Morgan fingerprint density at radius 3 is 2.78 bits per heavy atom. The highest BCUT2D eigenvalue weighted by Gasteiger charge is 2.09. The average molecular weight is 348 g/mol. The normalized spacial score (nSPS) is 12.5. The number of benzene rings is 1. The minimum Gasteiger partial charge on any atom is -0.305 e. The number of nitrogens with one attached hydrogen (secondary N) is 1. The van der Waals surface area contributed by atoms with Crippen LogP contribution in [0.15, 0.2) is 53.5 Å². The standard InChI is InChI=1S/C17H15Cl2N3O/c1-11(14-4-2-3-5-15(14)19)20-9-13-8-17(23)22-10-12(18)6-7-16(22)21-13/h2-8,10-11,20H,9H2,1H3/t11-/m1/s1. The molecule has 0 aliphatic rings. The molecule has 1 aromatic carbocycles. The molecule has 0 saturated carbocycles. The van der Waals surface area contributed by atoms with Gasteiger partial charge in [0, 0.05) is 29.9 Å². The summed E-state index contributed by atoms with van der Waals surface area (Å²) < 4.78 is 1.43. The van der Waals surface area contributed by atoms with Crippen molar-refractivity contribution in [2.24, 2.45) is 0 Å². The van der Waals surface area contributed by atoms with Crippen molar-refractivity contribution >= 4 is 28.8 Å². The Hall–Kier alpha value is -1.88. The van der Waals surface area contributed by atoms with Crippen LogP contribution in [0, 0.1) is 0 Å². The first-order chi connectivity index (χ1) is 11.0. The number of pyridine rings is 1. The van der Waals surface area contributed by atoms with Gasteiger partial charge in [0.15, 0.2) is 0 Å². The van der Waals surface area contributed by atoms with E-state index in [0.717, 1.165) is 5.56 Å². The molecule has 6 heteroatoms. The Labute approximate surface area is 143 Å². The van der Waals surface area contributed by atoms with Gasteiger partial charge in [-0.05, 0) is 30.7 Å². The largest absolute Gasteiger partial charge is 0.305 e. The number of halogens is 2. The average Bonchev–Trinajstić information content (AvgIpc) is 2.54. The van der Waals surface area contributed by atoms with Crippen molar-refractivity contribution in [3.63, 3.8) is 0 Å². The van der Waals surface area contributed by atoms with E-state index < -0.39 is 0 Å². The number of aromatic nitrogens is 2. The molecule has 3 aromatic rings. The van der Waals surface area contributed by atoms with Gasteiger partial charge in [0.1, 0.15) is 5.65 Å². The molecule has 0 spiro atoms. The maximum Gasteiger partial charge on any atom is 0.258 e. The summed E-state index contributed by atoms with van der Waals surface area (Å²) in [6.07, 6.45) is 1.57. The number of nitrogens with zero attached hydrogens (tertiary/aromatic N) is 2. The fraction of sp³-hybridized carbons (Fsp3) is 0.176. The molecule has 2 aromatic heterocycles. The van der Waals surface area contributed by atoms with E-state index in [4.69, 9.17) is 23.2 Å². The SMILES string of the molecule is C[C@@H](NCc1cc(=O)n2cc(Cl)ccc2n1)c1ccccc1Cl. The first-order valence-corrected chi connectivity index (χ1v) is 7.96. The van der Waals surface area contributed by atoms with E-state index in [2.05, 4.69) is 10.3 Å². The Morgan fingerprint density at radius 2 is 2.00 bits per heavy atom. The highest BCUT2D eigenvalue weighted by molar-refractivity contribution is 6.31.